The molecule has 0 heterocycles. The SMILES string of the molecule is CCc1ccc(NC(=O)C(CC)/C(N)=N/O)cc1. The second-order valence-corrected chi connectivity index (χ2v) is 4.03. The Labute approximate surface area is 107 Å². The number of oxime groups is 1. The first-order chi connectivity index (χ1) is 8.62. The van der Waals surface area contributed by atoms with Gasteiger partial charge in [-0.05, 0) is 30.5 Å². The topological polar surface area (TPSA) is 87.7 Å². The lowest BCUT2D eigenvalue weighted by atomic mass is 10.0. The first-order valence-electron chi connectivity index (χ1n) is 5.99. The van der Waals surface area contributed by atoms with Crippen molar-refractivity contribution >= 4 is 17.4 Å². The van der Waals surface area contributed by atoms with Crippen molar-refractivity contribution in [3.63, 3.8) is 0 Å². The van der Waals surface area contributed by atoms with E-state index in [1.165, 1.54) is 5.56 Å². The second-order valence-electron chi connectivity index (χ2n) is 4.03. The summed E-state index contributed by atoms with van der Waals surface area (Å²) in [5, 5.41) is 14.2. The quantitative estimate of drug-likeness (QED) is 0.322. The van der Waals surface area contributed by atoms with Crippen LogP contribution in [-0.2, 0) is 11.2 Å². The Morgan fingerprint density at radius 2 is 2.00 bits per heavy atom. The van der Waals surface area contributed by atoms with Crippen molar-refractivity contribution in [2.75, 3.05) is 5.32 Å². The fourth-order valence-corrected chi connectivity index (χ4v) is 1.65. The first kappa shape index (κ1) is 14.0. The maximum Gasteiger partial charge on any atom is 0.235 e. The average molecular weight is 249 g/mol. The van der Waals surface area contributed by atoms with Crippen molar-refractivity contribution in [2.45, 2.75) is 26.7 Å². The molecule has 1 unspecified atom stereocenters. The molecule has 0 saturated heterocycles. The summed E-state index contributed by atoms with van der Waals surface area (Å²) in [4.78, 5) is 11.9. The summed E-state index contributed by atoms with van der Waals surface area (Å²) in [6.07, 6.45) is 1.44. The maximum absolute atomic E-state index is 11.9. The zero-order valence-electron chi connectivity index (χ0n) is 10.7. The lowest BCUT2D eigenvalue weighted by Gasteiger charge is -2.13. The van der Waals surface area contributed by atoms with Crippen LogP contribution in [0.5, 0.6) is 0 Å². The number of nitrogens with two attached hydrogens (primary N) is 1. The van der Waals surface area contributed by atoms with Crippen LogP contribution >= 0.6 is 0 Å². The van der Waals surface area contributed by atoms with Gasteiger partial charge in [-0.2, -0.15) is 0 Å². The molecular formula is C13H19N3O2. The van der Waals surface area contributed by atoms with Gasteiger partial charge in [0.2, 0.25) is 5.91 Å². The van der Waals surface area contributed by atoms with Crippen LogP contribution in [0, 0.1) is 5.92 Å². The zero-order valence-corrected chi connectivity index (χ0v) is 10.7. The van der Waals surface area contributed by atoms with Gasteiger partial charge < -0.3 is 16.3 Å². The van der Waals surface area contributed by atoms with Crippen molar-refractivity contribution in [1.82, 2.24) is 0 Å². The molecule has 5 nitrogen and oxygen atoms in total. The minimum absolute atomic E-state index is 0.0693. The number of nitrogens with one attached hydrogen (secondary N) is 1. The molecule has 0 aliphatic heterocycles. The summed E-state index contributed by atoms with van der Waals surface area (Å²) in [7, 11) is 0. The van der Waals surface area contributed by atoms with Gasteiger partial charge in [-0.3, -0.25) is 4.79 Å². The number of anilines is 1. The minimum Gasteiger partial charge on any atom is -0.409 e. The van der Waals surface area contributed by atoms with Gasteiger partial charge in [0.05, 0.1) is 5.92 Å². The monoisotopic (exact) mass is 249 g/mol. The number of benzene rings is 1. The Hall–Kier alpha value is -2.04. The van der Waals surface area contributed by atoms with E-state index in [0.717, 1.165) is 6.42 Å². The smallest absolute Gasteiger partial charge is 0.235 e. The third-order valence-corrected chi connectivity index (χ3v) is 2.83. The van der Waals surface area contributed by atoms with Crippen LogP contribution in [0.3, 0.4) is 0 Å². The van der Waals surface area contributed by atoms with Gasteiger partial charge in [0.15, 0.2) is 5.84 Å². The standard InChI is InChI=1S/C13H19N3O2/c1-3-9-5-7-10(8-6-9)15-13(17)11(4-2)12(14)16-18/h5-8,11,18H,3-4H2,1-2H3,(H2,14,16)(H,15,17). The lowest BCUT2D eigenvalue weighted by molar-refractivity contribution is -0.118. The summed E-state index contributed by atoms with van der Waals surface area (Å²) in [6, 6.07) is 7.60. The van der Waals surface area contributed by atoms with Gasteiger partial charge in [0.25, 0.3) is 0 Å². The number of carbonyl (C=O) groups is 1. The van der Waals surface area contributed by atoms with E-state index in [2.05, 4.69) is 17.4 Å². The van der Waals surface area contributed by atoms with Gasteiger partial charge in [-0.25, -0.2) is 0 Å². The van der Waals surface area contributed by atoms with E-state index in [0.29, 0.717) is 12.1 Å². The minimum atomic E-state index is -0.610. The van der Waals surface area contributed by atoms with Crippen LogP contribution in [0.2, 0.25) is 0 Å². The summed E-state index contributed by atoms with van der Waals surface area (Å²) >= 11 is 0. The molecule has 0 saturated carbocycles. The van der Waals surface area contributed by atoms with Crippen LogP contribution in [0.4, 0.5) is 5.69 Å². The molecule has 1 atom stereocenters. The van der Waals surface area contributed by atoms with E-state index in [-0.39, 0.29) is 11.7 Å². The van der Waals surface area contributed by atoms with Gasteiger partial charge >= 0.3 is 0 Å². The highest BCUT2D eigenvalue weighted by Gasteiger charge is 2.21. The molecule has 4 N–H and O–H groups in total. The number of amides is 1. The molecule has 0 spiro atoms. The van der Waals surface area contributed by atoms with Crippen LogP contribution in [0.25, 0.3) is 0 Å². The van der Waals surface area contributed by atoms with E-state index in [1.54, 1.807) is 0 Å². The van der Waals surface area contributed by atoms with Crippen LogP contribution in [-0.4, -0.2) is 17.0 Å². The third kappa shape index (κ3) is 3.48. The Morgan fingerprint density at radius 3 is 2.44 bits per heavy atom. The highest BCUT2D eigenvalue weighted by molar-refractivity contribution is 6.07. The molecule has 0 aliphatic carbocycles. The number of rotatable bonds is 5. The van der Waals surface area contributed by atoms with E-state index in [1.807, 2.05) is 31.2 Å². The summed E-state index contributed by atoms with van der Waals surface area (Å²) in [5.74, 6) is -0.946. The van der Waals surface area contributed by atoms with Crippen molar-refractivity contribution in [2.24, 2.45) is 16.8 Å². The molecule has 0 aromatic heterocycles. The molecule has 1 aromatic carbocycles. The fourth-order valence-electron chi connectivity index (χ4n) is 1.65. The molecule has 5 heteroatoms. The second kappa shape index (κ2) is 6.64. The number of carbonyl (C=O) groups excluding carboxylic acids is 1. The predicted octanol–water partition coefficient (Wildman–Crippen LogP) is 1.96. The van der Waals surface area contributed by atoms with E-state index in [4.69, 9.17) is 10.9 Å². The number of nitrogens with zero attached hydrogens (tertiary/aromatic N) is 1. The van der Waals surface area contributed by atoms with Crippen LogP contribution < -0.4 is 11.1 Å². The molecular weight excluding hydrogens is 230 g/mol. The Balaban J connectivity index is 2.73. The number of hydrogen-bond donors (Lipinski definition) is 3. The first-order valence-corrected chi connectivity index (χ1v) is 5.99. The summed E-state index contributed by atoms with van der Waals surface area (Å²) in [6.45, 7) is 3.88. The molecule has 0 radical (unpaired) electrons. The maximum atomic E-state index is 11.9. The molecule has 1 aromatic rings. The molecule has 1 rings (SSSR count). The van der Waals surface area contributed by atoms with Crippen molar-refractivity contribution in [1.29, 1.82) is 0 Å². The molecule has 1 amide bonds. The van der Waals surface area contributed by atoms with Crippen LogP contribution in [0.15, 0.2) is 29.4 Å². The summed E-state index contributed by atoms with van der Waals surface area (Å²) < 4.78 is 0. The van der Waals surface area contributed by atoms with Crippen molar-refractivity contribution in [3.05, 3.63) is 29.8 Å². The number of hydrogen-bond acceptors (Lipinski definition) is 3. The molecule has 98 valence electrons. The van der Waals surface area contributed by atoms with Gasteiger partial charge in [0.1, 0.15) is 0 Å². The zero-order chi connectivity index (χ0) is 13.5. The molecule has 18 heavy (non-hydrogen) atoms. The number of amidine groups is 1. The highest BCUT2D eigenvalue weighted by Crippen LogP contribution is 2.13. The van der Waals surface area contributed by atoms with Gasteiger partial charge in [-0.1, -0.05) is 31.1 Å². The molecule has 0 aliphatic rings. The number of aryl methyl sites for hydroxylation is 1. The molecule has 0 bridgehead atoms. The largest absolute Gasteiger partial charge is 0.409 e. The Morgan fingerprint density at radius 1 is 1.39 bits per heavy atom. The average Bonchev–Trinajstić information content (AvgIpc) is 2.40. The Kier molecular flexibility index (Phi) is 5.17. The fraction of sp³-hybridized carbons (Fsp3) is 0.385. The normalized spacial score (nSPS) is 13.1. The van der Waals surface area contributed by atoms with E-state index < -0.39 is 5.92 Å². The van der Waals surface area contributed by atoms with Crippen molar-refractivity contribution in [3.8, 4) is 0 Å². The summed E-state index contributed by atoms with van der Waals surface area (Å²) in [5.41, 5.74) is 7.38. The van der Waals surface area contributed by atoms with Crippen LogP contribution in [0.1, 0.15) is 25.8 Å². The van der Waals surface area contributed by atoms with E-state index >= 15 is 0 Å². The third-order valence-electron chi connectivity index (χ3n) is 2.83. The Bertz CT molecular complexity index is 426. The van der Waals surface area contributed by atoms with Gasteiger partial charge in [0, 0.05) is 5.69 Å². The van der Waals surface area contributed by atoms with E-state index in [9.17, 15) is 4.79 Å². The molecule has 0 fully saturated rings. The lowest BCUT2D eigenvalue weighted by Crippen LogP contribution is -2.34. The van der Waals surface area contributed by atoms with Gasteiger partial charge in [-0.15, -0.1) is 0 Å². The van der Waals surface area contributed by atoms with Crippen molar-refractivity contribution < 1.29 is 10.0 Å². The highest BCUT2D eigenvalue weighted by atomic mass is 16.4. The predicted molar refractivity (Wildman–Crippen MR) is 71.6 cm³/mol.